The molecule has 0 aliphatic rings. The Bertz CT molecular complexity index is 628. The lowest BCUT2D eigenvalue weighted by Crippen LogP contribution is -1.90. The van der Waals surface area contributed by atoms with Crippen molar-refractivity contribution in [2.24, 2.45) is 0 Å². The number of nitrogens with one attached hydrogen (secondary N) is 1. The van der Waals surface area contributed by atoms with Gasteiger partial charge in [-0.1, -0.05) is 24.3 Å². The number of hydrogen-bond donors (Lipinski definition) is 1. The molecular weight excluding hydrogens is 248 g/mol. The predicted molar refractivity (Wildman–Crippen MR) is 73.3 cm³/mol. The summed E-state index contributed by atoms with van der Waals surface area (Å²) in [6.07, 6.45) is 0. The maximum atomic E-state index is 5.74. The van der Waals surface area contributed by atoms with E-state index in [4.69, 9.17) is 16.0 Å². The van der Waals surface area contributed by atoms with Gasteiger partial charge in [0.1, 0.15) is 5.52 Å². The van der Waals surface area contributed by atoms with Crippen LogP contribution < -0.4 is 5.32 Å². The van der Waals surface area contributed by atoms with Crippen molar-refractivity contribution in [2.75, 3.05) is 5.32 Å². The molecule has 3 nitrogen and oxygen atoms in total. The van der Waals surface area contributed by atoms with Crippen molar-refractivity contribution in [1.29, 1.82) is 0 Å². The zero-order valence-electron chi connectivity index (χ0n) is 9.56. The monoisotopic (exact) mass is 258 g/mol. The number of anilines is 2. The normalized spacial score (nSPS) is 10.7. The highest BCUT2D eigenvalue weighted by Gasteiger charge is 2.04. The van der Waals surface area contributed by atoms with E-state index in [1.54, 1.807) is 0 Å². The summed E-state index contributed by atoms with van der Waals surface area (Å²) in [5.41, 5.74) is 3.63. The van der Waals surface area contributed by atoms with Gasteiger partial charge < -0.3 is 9.73 Å². The van der Waals surface area contributed by atoms with Gasteiger partial charge in [-0.15, -0.1) is 11.6 Å². The maximum absolute atomic E-state index is 5.74. The molecule has 0 atom stereocenters. The lowest BCUT2D eigenvalue weighted by molar-refractivity contribution is 0.623. The second-order valence-electron chi connectivity index (χ2n) is 3.94. The van der Waals surface area contributed by atoms with Crippen LogP contribution in [0.15, 0.2) is 52.9 Å². The fourth-order valence-electron chi connectivity index (χ4n) is 1.73. The van der Waals surface area contributed by atoms with E-state index in [9.17, 15) is 0 Å². The van der Waals surface area contributed by atoms with Gasteiger partial charge >= 0.3 is 0 Å². The standard InChI is InChI=1S/C14H11ClN2O/c15-9-10-5-7-11(8-6-10)16-14-17-12-3-1-2-4-13(12)18-14/h1-8H,9H2,(H,16,17). The average Bonchev–Trinajstić information content (AvgIpc) is 2.82. The van der Waals surface area contributed by atoms with Crippen molar-refractivity contribution in [2.45, 2.75) is 5.88 Å². The summed E-state index contributed by atoms with van der Waals surface area (Å²) in [7, 11) is 0. The van der Waals surface area contributed by atoms with Gasteiger partial charge in [-0.2, -0.15) is 4.98 Å². The molecule has 0 aliphatic heterocycles. The molecule has 3 aromatic rings. The molecule has 0 aliphatic carbocycles. The topological polar surface area (TPSA) is 38.1 Å². The number of fused-ring (bicyclic) bond motifs is 1. The first kappa shape index (κ1) is 11.1. The lowest BCUT2D eigenvalue weighted by atomic mass is 10.2. The fraction of sp³-hybridized carbons (Fsp3) is 0.0714. The van der Waals surface area contributed by atoms with Crippen LogP contribution in [-0.4, -0.2) is 4.98 Å². The molecule has 90 valence electrons. The van der Waals surface area contributed by atoms with Gasteiger partial charge in [-0.05, 0) is 29.8 Å². The number of nitrogens with zero attached hydrogens (tertiary/aromatic N) is 1. The number of alkyl halides is 1. The van der Waals surface area contributed by atoms with Crippen molar-refractivity contribution >= 4 is 34.4 Å². The molecule has 1 N–H and O–H groups in total. The summed E-state index contributed by atoms with van der Waals surface area (Å²) in [6.45, 7) is 0. The second kappa shape index (κ2) is 4.70. The number of benzene rings is 2. The van der Waals surface area contributed by atoms with Crippen LogP contribution in [0.4, 0.5) is 11.7 Å². The van der Waals surface area contributed by atoms with Crippen molar-refractivity contribution in [3.8, 4) is 0 Å². The van der Waals surface area contributed by atoms with E-state index in [0.717, 1.165) is 22.4 Å². The number of hydrogen-bond acceptors (Lipinski definition) is 3. The highest BCUT2D eigenvalue weighted by molar-refractivity contribution is 6.17. The molecule has 0 fully saturated rings. The van der Waals surface area contributed by atoms with Crippen LogP contribution in [0.25, 0.3) is 11.1 Å². The molecule has 0 saturated heterocycles. The molecular formula is C14H11ClN2O. The average molecular weight is 259 g/mol. The Labute approximate surface area is 109 Å². The quantitative estimate of drug-likeness (QED) is 0.712. The summed E-state index contributed by atoms with van der Waals surface area (Å²) in [4.78, 5) is 4.35. The zero-order chi connectivity index (χ0) is 12.4. The minimum absolute atomic E-state index is 0.495. The van der Waals surface area contributed by atoms with E-state index in [-0.39, 0.29) is 0 Å². The van der Waals surface area contributed by atoms with Gasteiger partial charge in [-0.3, -0.25) is 0 Å². The first-order valence-electron chi connectivity index (χ1n) is 5.62. The van der Waals surface area contributed by atoms with Crippen molar-refractivity contribution in [1.82, 2.24) is 4.98 Å². The molecule has 1 heterocycles. The van der Waals surface area contributed by atoms with Crippen LogP contribution >= 0.6 is 11.6 Å². The molecule has 0 bridgehead atoms. The first-order chi connectivity index (χ1) is 8.85. The van der Waals surface area contributed by atoms with Crippen molar-refractivity contribution < 1.29 is 4.42 Å². The highest BCUT2D eigenvalue weighted by atomic mass is 35.5. The summed E-state index contributed by atoms with van der Waals surface area (Å²) in [5.74, 6) is 0.517. The van der Waals surface area contributed by atoms with Crippen LogP contribution in [0.5, 0.6) is 0 Å². The third-order valence-electron chi connectivity index (χ3n) is 2.65. The van der Waals surface area contributed by atoms with Crippen LogP contribution in [0, 0.1) is 0 Å². The van der Waals surface area contributed by atoms with Crippen molar-refractivity contribution in [3.05, 3.63) is 54.1 Å². The largest absolute Gasteiger partial charge is 0.423 e. The van der Waals surface area contributed by atoms with Gasteiger partial charge in [0.2, 0.25) is 0 Å². The summed E-state index contributed by atoms with van der Waals surface area (Å²) >= 11 is 5.74. The third kappa shape index (κ3) is 2.17. The van der Waals surface area contributed by atoms with E-state index in [1.165, 1.54) is 0 Å². The maximum Gasteiger partial charge on any atom is 0.300 e. The van der Waals surface area contributed by atoms with Crippen LogP contribution in [-0.2, 0) is 5.88 Å². The van der Waals surface area contributed by atoms with Crippen LogP contribution in [0.1, 0.15) is 5.56 Å². The van der Waals surface area contributed by atoms with E-state index >= 15 is 0 Å². The van der Waals surface area contributed by atoms with Gasteiger partial charge in [0, 0.05) is 11.6 Å². The Balaban J connectivity index is 1.86. The Morgan fingerprint density at radius 2 is 1.83 bits per heavy atom. The molecule has 0 saturated carbocycles. The molecule has 0 spiro atoms. The summed E-state index contributed by atoms with van der Waals surface area (Å²) in [5, 5.41) is 3.12. The van der Waals surface area contributed by atoms with Gasteiger partial charge in [0.15, 0.2) is 5.58 Å². The minimum Gasteiger partial charge on any atom is -0.423 e. The predicted octanol–water partition coefficient (Wildman–Crippen LogP) is 4.31. The minimum atomic E-state index is 0.495. The van der Waals surface area contributed by atoms with Crippen molar-refractivity contribution in [3.63, 3.8) is 0 Å². The molecule has 4 heteroatoms. The van der Waals surface area contributed by atoms with Gasteiger partial charge in [0.25, 0.3) is 6.01 Å². The fourth-order valence-corrected chi connectivity index (χ4v) is 1.90. The summed E-state index contributed by atoms with van der Waals surface area (Å²) < 4.78 is 5.58. The Kier molecular flexibility index (Phi) is 2.90. The van der Waals surface area contributed by atoms with Gasteiger partial charge in [-0.25, -0.2) is 0 Å². The SMILES string of the molecule is ClCc1ccc(Nc2nc3ccccc3o2)cc1. The van der Waals surface area contributed by atoms with Crippen LogP contribution in [0.2, 0.25) is 0 Å². The lowest BCUT2D eigenvalue weighted by Gasteiger charge is -2.01. The number of rotatable bonds is 3. The second-order valence-corrected chi connectivity index (χ2v) is 4.21. The Hall–Kier alpha value is -2.00. The Morgan fingerprint density at radius 1 is 1.06 bits per heavy atom. The Morgan fingerprint density at radius 3 is 2.56 bits per heavy atom. The van der Waals surface area contributed by atoms with Crippen LogP contribution in [0.3, 0.4) is 0 Å². The molecule has 2 aromatic carbocycles. The summed E-state index contributed by atoms with van der Waals surface area (Å²) in [6, 6.07) is 16.0. The van der Waals surface area contributed by atoms with E-state index in [1.807, 2.05) is 48.5 Å². The number of para-hydroxylation sites is 2. The number of oxazole rings is 1. The zero-order valence-corrected chi connectivity index (χ0v) is 10.3. The number of halogens is 1. The molecule has 0 amide bonds. The van der Waals surface area contributed by atoms with Gasteiger partial charge in [0.05, 0.1) is 0 Å². The third-order valence-corrected chi connectivity index (χ3v) is 2.96. The molecule has 0 radical (unpaired) electrons. The molecule has 0 unspecified atom stereocenters. The smallest absolute Gasteiger partial charge is 0.300 e. The number of aromatic nitrogens is 1. The molecule has 3 rings (SSSR count). The first-order valence-corrected chi connectivity index (χ1v) is 6.16. The highest BCUT2D eigenvalue weighted by Crippen LogP contribution is 2.22. The molecule has 1 aromatic heterocycles. The van der Waals surface area contributed by atoms with E-state index < -0.39 is 0 Å². The molecule has 18 heavy (non-hydrogen) atoms. The van der Waals surface area contributed by atoms with E-state index in [2.05, 4.69) is 10.3 Å². The van der Waals surface area contributed by atoms with E-state index in [0.29, 0.717) is 11.9 Å².